The number of aryl methyl sites for hydroxylation is 1. The highest BCUT2D eigenvalue weighted by Crippen LogP contribution is 2.25. The predicted octanol–water partition coefficient (Wildman–Crippen LogP) is 2.59. The number of rotatable bonds is 8. The van der Waals surface area contributed by atoms with Crippen molar-refractivity contribution in [3.8, 4) is 11.4 Å². The number of ether oxygens (including phenoxy) is 1. The van der Waals surface area contributed by atoms with Gasteiger partial charge in [0.25, 0.3) is 0 Å². The van der Waals surface area contributed by atoms with Crippen molar-refractivity contribution in [2.24, 2.45) is 0 Å². The van der Waals surface area contributed by atoms with Gasteiger partial charge in [-0.05, 0) is 55.0 Å². The lowest BCUT2D eigenvalue weighted by molar-refractivity contribution is -0.115. The fraction of sp³-hybridized carbons (Fsp3) is 0.375. The average Bonchev–Trinajstić information content (AvgIpc) is 3.32. The summed E-state index contributed by atoms with van der Waals surface area (Å²) in [5.41, 5.74) is 0.787. The summed E-state index contributed by atoms with van der Waals surface area (Å²) in [6, 6.07) is 7.44. The molecule has 2 heterocycles. The second-order valence-corrected chi connectivity index (χ2v) is 7.77. The molecule has 0 bridgehead atoms. The van der Waals surface area contributed by atoms with Crippen LogP contribution in [0.2, 0.25) is 0 Å². The zero-order chi connectivity index (χ0) is 19.2. The quantitative estimate of drug-likeness (QED) is 0.570. The number of nitrogens with zero attached hydrogens (tertiary/aromatic N) is 6. The predicted molar refractivity (Wildman–Crippen MR) is 104 cm³/mol. The van der Waals surface area contributed by atoms with Crippen molar-refractivity contribution in [1.82, 2.24) is 30.4 Å². The van der Waals surface area contributed by atoms with E-state index in [4.69, 9.17) is 4.74 Å². The maximum absolute atomic E-state index is 12.4. The van der Waals surface area contributed by atoms with Gasteiger partial charge in [-0.2, -0.15) is 4.68 Å². The molecule has 0 aliphatic carbocycles. The molecule has 2 aromatic heterocycles. The van der Waals surface area contributed by atoms with Gasteiger partial charge in [0, 0.05) is 0 Å². The molecule has 27 heavy (non-hydrogen) atoms. The third-order valence-corrected chi connectivity index (χ3v) is 5.50. The first-order valence-electron chi connectivity index (χ1n) is 8.42. The van der Waals surface area contributed by atoms with E-state index in [-0.39, 0.29) is 5.91 Å². The van der Waals surface area contributed by atoms with Crippen LogP contribution in [0.1, 0.15) is 25.8 Å². The normalized spacial score (nSPS) is 12.0. The van der Waals surface area contributed by atoms with Crippen LogP contribution in [0.4, 0.5) is 5.13 Å². The molecule has 0 aliphatic heterocycles. The van der Waals surface area contributed by atoms with E-state index in [1.165, 1.54) is 23.1 Å². The molecule has 0 fully saturated rings. The molecule has 142 valence electrons. The van der Waals surface area contributed by atoms with Gasteiger partial charge in [-0.3, -0.25) is 10.1 Å². The SMILES string of the molecule is CCOc1ccc(-n2nnnc2S[C@H](C)C(=O)Nc2nnc(CC)s2)cc1. The minimum atomic E-state index is -0.411. The van der Waals surface area contributed by atoms with Crippen LogP contribution in [-0.4, -0.2) is 48.2 Å². The third kappa shape index (κ3) is 4.80. The Bertz CT molecular complexity index is 894. The molecule has 11 heteroatoms. The molecule has 0 radical (unpaired) electrons. The van der Waals surface area contributed by atoms with Crippen LogP contribution in [0.25, 0.3) is 5.69 Å². The van der Waals surface area contributed by atoms with Crippen molar-refractivity contribution in [3.63, 3.8) is 0 Å². The highest BCUT2D eigenvalue weighted by molar-refractivity contribution is 8.00. The number of thioether (sulfide) groups is 1. The Labute approximate surface area is 164 Å². The van der Waals surface area contributed by atoms with Gasteiger partial charge in [0.15, 0.2) is 0 Å². The molecule has 1 aromatic carbocycles. The standard InChI is InChI=1S/C16H19N7O2S2/c1-4-13-18-19-15(27-13)17-14(24)10(3)26-16-20-21-22-23(16)11-6-8-12(9-7-11)25-5-2/h6-10H,4-5H2,1-3H3,(H,17,19,24)/t10-/m1/s1. The number of hydrogen-bond acceptors (Lipinski definition) is 9. The van der Waals surface area contributed by atoms with E-state index in [1.54, 1.807) is 11.6 Å². The number of hydrogen-bond donors (Lipinski definition) is 1. The molecule has 3 rings (SSSR count). The van der Waals surface area contributed by atoms with E-state index in [0.29, 0.717) is 16.9 Å². The number of amides is 1. The summed E-state index contributed by atoms with van der Waals surface area (Å²) < 4.78 is 7.03. The van der Waals surface area contributed by atoms with Crippen molar-refractivity contribution < 1.29 is 9.53 Å². The molecule has 0 aliphatic rings. The number of carbonyl (C=O) groups excluding carboxylic acids is 1. The fourth-order valence-electron chi connectivity index (χ4n) is 2.13. The second-order valence-electron chi connectivity index (χ2n) is 5.40. The van der Waals surface area contributed by atoms with Gasteiger partial charge in [0.1, 0.15) is 10.8 Å². The zero-order valence-corrected chi connectivity index (χ0v) is 16.8. The van der Waals surface area contributed by atoms with Gasteiger partial charge >= 0.3 is 0 Å². The first-order valence-corrected chi connectivity index (χ1v) is 10.1. The topological polar surface area (TPSA) is 108 Å². The first-order chi connectivity index (χ1) is 13.1. The van der Waals surface area contributed by atoms with Crippen LogP contribution in [0, 0.1) is 0 Å². The van der Waals surface area contributed by atoms with Gasteiger partial charge in [0.05, 0.1) is 17.5 Å². The highest BCUT2D eigenvalue weighted by atomic mass is 32.2. The van der Waals surface area contributed by atoms with Gasteiger partial charge in [-0.15, -0.1) is 15.3 Å². The smallest absolute Gasteiger partial charge is 0.239 e. The summed E-state index contributed by atoms with van der Waals surface area (Å²) in [4.78, 5) is 12.4. The van der Waals surface area contributed by atoms with Crippen molar-refractivity contribution in [3.05, 3.63) is 29.3 Å². The van der Waals surface area contributed by atoms with E-state index >= 15 is 0 Å². The zero-order valence-electron chi connectivity index (χ0n) is 15.1. The lowest BCUT2D eigenvalue weighted by atomic mass is 10.3. The molecule has 0 saturated carbocycles. The summed E-state index contributed by atoms with van der Waals surface area (Å²) in [5, 5.41) is 24.0. The number of aromatic nitrogens is 6. The van der Waals surface area contributed by atoms with Crippen LogP contribution in [-0.2, 0) is 11.2 Å². The summed E-state index contributed by atoms with van der Waals surface area (Å²) in [7, 11) is 0. The molecular formula is C16H19N7O2S2. The summed E-state index contributed by atoms with van der Waals surface area (Å²) >= 11 is 2.64. The molecular weight excluding hydrogens is 386 g/mol. The van der Waals surface area contributed by atoms with Gasteiger partial charge in [-0.25, -0.2) is 0 Å². The number of carbonyl (C=O) groups is 1. The minimum Gasteiger partial charge on any atom is -0.494 e. The Morgan fingerprint density at radius 3 is 2.70 bits per heavy atom. The monoisotopic (exact) mass is 405 g/mol. The van der Waals surface area contributed by atoms with Gasteiger partial charge in [-0.1, -0.05) is 30.0 Å². The molecule has 0 spiro atoms. The number of benzene rings is 1. The van der Waals surface area contributed by atoms with Crippen molar-refractivity contribution in [2.45, 2.75) is 37.6 Å². The Kier molecular flexibility index (Phi) is 6.35. The maximum atomic E-state index is 12.4. The summed E-state index contributed by atoms with van der Waals surface area (Å²) in [5.74, 6) is 0.597. The van der Waals surface area contributed by atoms with Crippen LogP contribution in [0.5, 0.6) is 5.75 Å². The maximum Gasteiger partial charge on any atom is 0.239 e. The molecule has 9 nitrogen and oxygen atoms in total. The lowest BCUT2D eigenvalue weighted by Gasteiger charge is -2.10. The van der Waals surface area contributed by atoms with Gasteiger partial charge < -0.3 is 4.74 Å². The van der Waals surface area contributed by atoms with Crippen LogP contribution >= 0.6 is 23.1 Å². The lowest BCUT2D eigenvalue weighted by Crippen LogP contribution is -2.22. The molecule has 1 amide bonds. The third-order valence-electron chi connectivity index (χ3n) is 3.48. The molecule has 1 atom stereocenters. The number of nitrogens with one attached hydrogen (secondary N) is 1. The van der Waals surface area contributed by atoms with Crippen LogP contribution in [0.3, 0.4) is 0 Å². The van der Waals surface area contributed by atoms with Gasteiger partial charge in [0.2, 0.25) is 16.2 Å². The van der Waals surface area contributed by atoms with Crippen molar-refractivity contribution >= 4 is 34.1 Å². The van der Waals surface area contributed by atoms with Crippen molar-refractivity contribution in [2.75, 3.05) is 11.9 Å². The Morgan fingerprint density at radius 1 is 1.26 bits per heavy atom. The van der Waals surface area contributed by atoms with E-state index in [2.05, 4.69) is 31.0 Å². The Balaban J connectivity index is 1.67. The Morgan fingerprint density at radius 2 is 2.04 bits per heavy atom. The fourth-order valence-corrected chi connectivity index (χ4v) is 3.62. The molecule has 0 unspecified atom stereocenters. The van der Waals surface area contributed by atoms with E-state index < -0.39 is 5.25 Å². The Hall–Kier alpha value is -2.53. The number of tetrazole rings is 1. The van der Waals surface area contributed by atoms with E-state index in [1.807, 2.05) is 38.1 Å². The number of anilines is 1. The summed E-state index contributed by atoms with van der Waals surface area (Å²) in [6.45, 7) is 6.32. The second kappa shape index (κ2) is 8.91. The largest absolute Gasteiger partial charge is 0.494 e. The molecule has 0 saturated heterocycles. The molecule has 1 N–H and O–H groups in total. The van der Waals surface area contributed by atoms with E-state index in [9.17, 15) is 4.79 Å². The van der Waals surface area contributed by atoms with Crippen LogP contribution < -0.4 is 10.1 Å². The highest BCUT2D eigenvalue weighted by Gasteiger charge is 2.20. The summed E-state index contributed by atoms with van der Waals surface area (Å²) in [6.07, 6.45) is 0.786. The molecule has 3 aromatic rings. The minimum absolute atomic E-state index is 0.181. The van der Waals surface area contributed by atoms with Crippen molar-refractivity contribution in [1.29, 1.82) is 0 Å². The van der Waals surface area contributed by atoms with Crippen LogP contribution in [0.15, 0.2) is 29.4 Å². The average molecular weight is 406 g/mol. The van der Waals surface area contributed by atoms with E-state index in [0.717, 1.165) is 22.9 Å². The first kappa shape index (κ1) is 19.2.